The standard InChI is InChI=1S/C18H20F2N2O3/c1-10-6-11-7-12(9-21-15(11)8-16(10)25-18(19)20)17(24)22-13-2-4-14(23)5-3-13/h6-9,13-14,18,23H,2-5H2,1H3,(H,22,24). The molecule has 0 saturated heterocycles. The molecule has 0 atom stereocenters. The third-order valence-corrected chi connectivity index (χ3v) is 4.49. The molecule has 5 nitrogen and oxygen atoms in total. The second-order valence-electron chi connectivity index (χ2n) is 6.39. The number of amides is 1. The first-order valence-corrected chi connectivity index (χ1v) is 8.26. The van der Waals surface area contributed by atoms with Crippen LogP contribution in [0, 0.1) is 6.92 Å². The lowest BCUT2D eigenvalue weighted by molar-refractivity contribution is -0.0502. The van der Waals surface area contributed by atoms with Gasteiger partial charge in [-0.1, -0.05) is 0 Å². The summed E-state index contributed by atoms with van der Waals surface area (Å²) in [6.45, 7) is -1.23. The number of benzene rings is 1. The molecule has 2 aromatic rings. The molecule has 1 saturated carbocycles. The van der Waals surface area contributed by atoms with Gasteiger partial charge in [-0.15, -0.1) is 0 Å². The lowest BCUT2D eigenvalue weighted by Gasteiger charge is -2.26. The second-order valence-corrected chi connectivity index (χ2v) is 6.39. The number of carbonyl (C=O) groups is 1. The maximum absolute atomic E-state index is 12.4. The second kappa shape index (κ2) is 7.31. The Hall–Kier alpha value is -2.28. The van der Waals surface area contributed by atoms with E-state index in [1.807, 2.05) is 0 Å². The Kier molecular flexibility index (Phi) is 5.13. The quantitative estimate of drug-likeness (QED) is 0.888. The zero-order valence-electron chi connectivity index (χ0n) is 13.8. The number of carbonyl (C=O) groups excluding carboxylic acids is 1. The van der Waals surface area contributed by atoms with Crippen LogP contribution in [0.4, 0.5) is 8.78 Å². The van der Waals surface area contributed by atoms with E-state index in [1.165, 1.54) is 12.3 Å². The molecule has 1 amide bonds. The Labute approximate surface area is 144 Å². The van der Waals surface area contributed by atoms with E-state index in [0.29, 0.717) is 34.9 Å². The number of aliphatic hydroxyl groups excluding tert-OH is 1. The lowest BCUT2D eigenvalue weighted by Crippen LogP contribution is -2.38. The van der Waals surface area contributed by atoms with Crippen LogP contribution in [-0.4, -0.2) is 34.8 Å². The molecule has 7 heteroatoms. The topological polar surface area (TPSA) is 71.5 Å². The smallest absolute Gasteiger partial charge is 0.387 e. The molecule has 1 aliphatic rings. The Morgan fingerprint density at radius 1 is 1.28 bits per heavy atom. The molecule has 1 heterocycles. The number of aromatic nitrogens is 1. The van der Waals surface area contributed by atoms with Crippen LogP contribution < -0.4 is 10.1 Å². The van der Waals surface area contributed by atoms with Crippen LogP contribution in [0.25, 0.3) is 10.9 Å². The summed E-state index contributed by atoms with van der Waals surface area (Å²) in [6, 6.07) is 4.86. The minimum absolute atomic E-state index is 0.0511. The average molecular weight is 350 g/mol. The molecule has 0 unspecified atom stereocenters. The Balaban J connectivity index is 1.77. The summed E-state index contributed by atoms with van der Waals surface area (Å²) in [5.41, 5.74) is 1.45. The zero-order valence-corrected chi connectivity index (χ0v) is 13.8. The fourth-order valence-electron chi connectivity index (χ4n) is 3.11. The number of aliphatic hydroxyl groups is 1. The van der Waals surface area contributed by atoms with Crippen LogP contribution in [0.5, 0.6) is 5.75 Å². The molecule has 0 radical (unpaired) electrons. The van der Waals surface area contributed by atoms with Gasteiger partial charge >= 0.3 is 6.61 Å². The van der Waals surface area contributed by atoms with Gasteiger partial charge in [-0.25, -0.2) is 0 Å². The number of alkyl halides is 2. The average Bonchev–Trinajstić information content (AvgIpc) is 2.56. The van der Waals surface area contributed by atoms with E-state index in [-0.39, 0.29) is 23.8 Å². The predicted molar refractivity (Wildman–Crippen MR) is 88.8 cm³/mol. The maximum atomic E-state index is 12.4. The molecule has 1 aromatic carbocycles. The minimum Gasteiger partial charge on any atom is -0.434 e. The van der Waals surface area contributed by atoms with Crippen molar-refractivity contribution in [3.8, 4) is 5.75 Å². The van der Waals surface area contributed by atoms with Gasteiger partial charge in [-0.3, -0.25) is 9.78 Å². The highest BCUT2D eigenvalue weighted by Crippen LogP contribution is 2.26. The van der Waals surface area contributed by atoms with Crippen LogP contribution in [0.2, 0.25) is 0 Å². The van der Waals surface area contributed by atoms with Gasteiger partial charge in [0.05, 0.1) is 17.2 Å². The summed E-state index contributed by atoms with van der Waals surface area (Å²) in [4.78, 5) is 16.6. The maximum Gasteiger partial charge on any atom is 0.387 e. The van der Waals surface area contributed by atoms with Crippen molar-refractivity contribution in [2.45, 2.75) is 51.4 Å². The number of fused-ring (bicyclic) bond motifs is 1. The Morgan fingerprint density at radius 2 is 2.00 bits per heavy atom. The van der Waals surface area contributed by atoms with Crippen molar-refractivity contribution >= 4 is 16.8 Å². The molecule has 1 aliphatic carbocycles. The molecule has 134 valence electrons. The van der Waals surface area contributed by atoms with E-state index >= 15 is 0 Å². The van der Waals surface area contributed by atoms with E-state index in [0.717, 1.165) is 12.8 Å². The molecule has 0 aliphatic heterocycles. The predicted octanol–water partition coefficient (Wildman–Crippen LogP) is 3.18. The number of aryl methyl sites for hydroxylation is 1. The molecule has 0 bridgehead atoms. The van der Waals surface area contributed by atoms with Crippen LogP contribution in [0.1, 0.15) is 41.6 Å². The van der Waals surface area contributed by atoms with Crippen molar-refractivity contribution in [3.63, 3.8) is 0 Å². The van der Waals surface area contributed by atoms with Gasteiger partial charge in [0.2, 0.25) is 0 Å². The van der Waals surface area contributed by atoms with Crippen LogP contribution in [0.15, 0.2) is 24.4 Å². The largest absolute Gasteiger partial charge is 0.434 e. The van der Waals surface area contributed by atoms with Gasteiger partial charge in [0.1, 0.15) is 5.75 Å². The molecule has 1 aromatic heterocycles. The van der Waals surface area contributed by atoms with Gasteiger partial charge in [0, 0.05) is 23.7 Å². The fourth-order valence-corrected chi connectivity index (χ4v) is 3.11. The first kappa shape index (κ1) is 17.5. The molecule has 0 spiro atoms. The van der Waals surface area contributed by atoms with Gasteiger partial charge in [0.15, 0.2) is 0 Å². The van der Waals surface area contributed by atoms with Crippen LogP contribution >= 0.6 is 0 Å². The van der Waals surface area contributed by atoms with Crippen molar-refractivity contribution < 1.29 is 23.4 Å². The van der Waals surface area contributed by atoms with Crippen molar-refractivity contribution in [3.05, 3.63) is 35.5 Å². The molecular formula is C18H20F2N2O3. The van der Waals surface area contributed by atoms with E-state index in [9.17, 15) is 18.7 Å². The van der Waals surface area contributed by atoms with E-state index in [4.69, 9.17) is 0 Å². The lowest BCUT2D eigenvalue weighted by atomic mass is 9.93. The number of ether oxygens (including phenoxy) is 1. The van der Waals surface area contributed by atoms with Crippen LogP contribution in [0.3, 0.4) is 0 Å². The molecule has 25 heavy (non-hydrogen) atoms. The summed E-state index contributed by atoms with van der Waals surface area (Å²) in [5, 5.41) is 13.2. The number of pyridine rings is 1. The number of nitrogens with zero attached hydrogens (tertiary/aromatic N) is 1. The summed E-state index contributed by atoms with van der Waals surface area (Å²) >= 11 is 0. The number of hydrogen-bond donors (Lipinski definition) is 2. The number of nitrogens with one attached hydrogen (secondary N) is 1. The molecular weight excluding hydrogens is 330 g/mol. The van der Waals surface area contributed by atoms with Crippen molar-refractivity contribution in [2.24, 2.45) is 0 Å². The minimum atomic E-state index is -2.89. The van der Waals surface area contributed by atoms with Gasteiger partial charge in [-0.05, 0) is 50.3 Å². The first-order chi connectivity index (χ1) is 11.9. The third kappa shape index (κ3) is 4.22. The SMILES string of the molecule is Cc1cc2cc(C(=O)NC3CCC(O)CC3)cnc2cc1OC(F)F. The molecule has 2 N–H and O–H groups in total. The fraction of sp³-hybridized carbons (Fsp3) is 0.444. The van der Waals surface area contributed by atoms with Crippen molar-refractivity contribution in [1.82, 2.24) is 10.3 Å². The number of hydrogen-bond acceptors (Lipinski definition) is 4. The number of rotatable bonds is 4. The monoisotopic (exact) mass is 350 g/mol. The Bertz CT molecular complexity index is 774. The highest BCUT2D eigenvalue weighted by atomic mass is 19.3. The molecule has 1 fully saturated rings. The van der Waals surface area contributed by atoms with Crippen molar-refractivity contribution in [1.29, 1.82) is 0 Å². The highest BCUT2D eigenvalue weighted by molar-refractivity contribution is 5.97. The summed E-state index contributed by atoms with van der Waals surface area (Å²) in [5.74, 6) is -0.144. The zero-order chi connectivity index (χ0) is 18.0. The first-order valence-electron chi connectivity index (χ1n) is 8.26. The Morgan fingerprint density at radius 3 is 2.68 bits per heavy atom. The summed E-state index contributed by atoms with van der Waals surface area (Å²) in [6.07, 6.45) is 4.03. The normalized spacial score (nSPS) is 20.7. The van der Waals surface area contributed by atoms with E-state index in [1.54, 1.807) is 19.1 Å². The van der Waals surface area contributed by atoms with Crippen LogP contribution in [-0.2, 0) is 0 Å². The third-order valence-electron chi connectivity index (χ3n) is 4.49. The van der Waals surface area contributed by atoms with E-state index in [2.05, 4.69) is 15.0 Å². The van der Waals surface area contributed by atoms with Gasteiger partial charge in [-0.2, -0.15) is 8.78 Å². The summed E-state index contributed by atoms with van der Waals surface area (Å²) in [7, 11) is 0. The molecule has 3 rings (SSSR count). The van der Waals surface area contributed by atoms with Gasteiger partial charge in [0.25, 0.3) is 5.91 Å². The van der Waals surface area contributed by atoms with E-state index < -0.39 is 6.61 Å². The van der Waals surface area contributed by atoms with Gasteiger partial charge < -0.3 is 15.2 Å². The van der Waals surface area contributed by atoms with Crippen molar-refractivity contribution in [2.75, 3.05) is 0 Å². The highest BCUT2D eigenvalue weighted by Gasteiger charge is 2.21. The summed E-state index contributed by atoms with van der Waals surface area (Å²) < 4.78 is 29.3. The number of halogens is 2.